The standard InChI is InChI=1S/C17H23F6NO2/c1-12(2)26-9-5-8-24(11-15(25)17(21,22)23)10-13-6-3-4-7-14(13)16(18,19)20/h3-4,6-7,12,15,25H,5,8-11H2,1-2H3. The molecule has 0 fully saturated rings. The second kappa shape index (κ2) is 9.57. The molecular formula is C17H23F6NO2. The predicted octanol–water partition coefficient (Wildman–Crippen LogP) is 4.25. The molecule has 0 aliphatic carbocycles. The van der Waals surface area contributed by atoms with Gasteiger partial charge >= 0.3 is 12.4 Å². The van der Waals surface area contributed by atoms with Crippen molar-refractivity contribution in [1.29, 1.82) is 0 Å². The molecule has 1 aromatic carbocycles. The Balaban J connectivity index is 2.88. The molecule has 1 unspecified atom stereocenters. The summed E-state index contributed by atoms with van der Waals surface area (Å²) in [5.74, 6) is 0. The van der Waals surface area contributed by atoms with Crippen LogP contribution in [0.2, 0.25) is 0 Å². The Morgan fingerprint density at radius 3 is 2.23 bits per heavy atom. The predicted molar refractivity (Wildman–Crippen MR) is 84.5 cm³/mol. The van der Waals surface area contributed by atoms with Crippen molar-refractivity contribution < 1.29 is 36.2 Å². The quantitative estimate of drug-likeness (QED) is 0.508. The Hall–Kier alpha value is -1.32. The first-order valence-corrected chi connectivity index (χ1v) is 8.15. The Labute approximate surface area is 148 Å². The van der Waals surface area contributed by atoms with E-state index in [4.69, 9.17) is 4.74 Å². The molecule has 1 aromatic rings. The monoisotopic (exact) mass is 387 g/mol. The molecule has 0 amide bonds. The lowest BCUT2D eigenvalue weighted by atomic mass is 10.1. The van der Waals surface area contributed by atoms with E-state index in [0.29, 0.717) is 6.42 Å². The summed E-state index contributed by atoms with van der Waals surface area (Å²) >= 11 is 0. The Bertz CT molecular complexity index is 545. The number of nitrogens with zero attached hydrogens (tertiary/aromatic N) is 1. The summed E-state index contributed by atoms with van der Waals surface area (Å²) in [6, 6.07) is 4.72. The molecule has 150 valence electrons. The van der Waals surface area contributed by atoms with Gasteiger partial charge < -0.3 is 9.84 Å². The van der Waals surface area contributed by atoms with Gasteiger partial charge in [0.15, 0.2) is 6.10 Å². The van der Waals surface area contributed by atoms with E-state index >= 15 is 0 Å². The zero-order valence-corrected chi connectivity index (χ0v) is 14.6. The molecule has 0 spiro atoms. The van der Waals surface area contributed by atoms with Crippen molar-refractivity contribution in [2.45, 2.75) is 51.4 Å². The molecule has 9 heteroatoms. The highest BCUT2D eigenvalue weighted by molar-refractivity contribution is 5.29. The third kappa shape index (κ3) is 7.92. The first-order valence-electron chi connectivity index (χ1n) is 8.15. The number of aliphatic hydroxyl groups excluding tert-OH is 1. The van der Waals surface area contributed by atoms with Crippen LogP contribution in [0.5, 0.6) is 0 Å². The molecule has 0 aliphatic heterocycles. The second-order valence-electron chi connectivity index (χ2n) is 6.22. The van der Waals surface area contributed by atoms with E-state index in [1.165, 1.54) is 18.2 Å². The molecule has 0 aliphatic rings. The van der Waals surface area contributed by atoms with Crippen molar-refractivity contribution in [3.05, 3.63) is 35.4 Å². The van der Waals surface area contributed by atoms with E-state index in [1.807, 2.05) is 0 Å². The maximum atomic E-state index is 13.1. The summed E-state index contributed by atoms with van der Waals surface area (Å²) in [6.07, 6.45) is -11.8. The minimum Gasteiger partial charge on any atom is -0.382 e. The van der Waals surface area contributed by atoms with Gasteiger partial charge in [-0.25, -0.2) is 0 Å². The molecule has 0 heterocycles. The van der Waals surface area contributed by atoms with Crippen LogP contribution >= 0.6 is 0 Å². The number of rotatable bonds is 9. The van der Waals surface area contributed by atoms with Gasteiger partial charge in [0.25, 0.3) is 0 Å². The van der Waals surface area contributed by atoms with E-state index in [1.54, 1.807) is 13.8 Å². The first-order chi connectivity index (χ1) is 11.9. The number of hydrogen-bond donors (Lipinski definition) is 1. The molecule has 0 saturated heterocycles. The highest BCUT2D eigenvalue weighted by Crippen LogP contribution is 2.32. The topological polar surface area (TPSA) is 32.7 Å². The average Bonchev–Trinajstić information content (AvgIpc) is 2.49. The summed E-state index contributed by atoms with van der Waals surface area (Å²) in [5.41, 5.74) is -1.04. The van der Waals surface area contributed by atoms with Crippen molar-refractivity contribution in [3.8, 4) is 0 Å². The minimum atomic E-state index is -4.84. The van der Waals surface area contributed by atoms with Crippen LogP contribution in [0.1, 0.15) is 31.4 Å². The molecule has 3 nitrogen and oxygen atoms in total. The van der Waals surface area contributed by atoms with Crippen LogP contribution in [-0.2, 0) is 17.5 Å². The van der Waals surface area contributed by atoms with Crippen molar-refractivity contribution in [1.82, 2.24) is 4.90 Å². The first kappa shape index (κ1) is 22.7. The van der Waals surface area contributed by atoms with E-state index in [9.17, 15) is 31.4 Å². The number of benzene rings is 1. The Morgan fingerprint density at radius 2 is 1.69 bits per heavy atom. The molecule has 0 radical (unpaired) electrons. The number of ether oxygens (including phenoxy) is 1. The third-order valence-electron chi connectivity index (χ3n) is 3.60. The molecule has 0 aromatic heterocycles. The van der Waals surface area contributed by atoms with E-state index in [-0.39, 0.29) is 31.4 Å². The Kier molecular flexibility index (Phi) is 8.36. The van der Waals surface area contributed by atoms with E-state index in [2.05, 4.69) is 0 Å². The molecule has 0 bridgehead atoms. The lowest BCUT2D eigenvalue weighted by Crippen LogP contribution is -2.41. The van der Waals surface area contributed by atoms with Gasteiger partial charge in [-0.1, -0.05) is 18.2 Å². The van der Waals surface area contributed by atoms with E-state index < -0.39 is 30.6 Å². The van der Waals surface area contributed by atoms with Gasteiger partial charge in [0.1, 0.15) is 0 Å². The minimum absolute atomic E-state index is 0.0600. The summed E-state index contributed by atoms with van der Waals surface area (Å²) < 4.78 is 82.4. The zero-order chi connectivity index (χ0) is 20.0. The summed E-state index contributed by atoms with van der Waals surface area (Å²) in [7, 11) is 0. The lowest BCUT2D eigenvalue weighted by molar-refractivity contribution is -0.208. The van der Waals surface area contributed by atoms with Gasteiger partial charge in [-0.2, -0.15) is 26.3 Å². The highest BCUT2D eigenvalue weighted by atomic mass is 19.4. The van der Waals surface area contributed by atoms with Gasteiger partial charge in [-0.05, 0) is 31.9 Å². The molecule has 0 saturated carbocycles. The normalized spacial score (nSPS) is 14.3. The molecular weight excluding hydrogens is 364 g/mol. The number of aliphatic hydroxyl groups is 1. The van der Waals surface area contributed by atoms with Crippen LogP contribution in [0.25, 0.3) is 0 Å². The number of hydrogen-bond acceptors (Lipinski definition) is 3. The van der Waals surface area contributed by atoms with Crippen LogP contribution in [0.4, 0.5) is 26.3 Å². The van der Waals surface area contributed by atoms with Crippen LogP contribution in [-0.4, -0.2) is 48.1 Å². The van der Waals surface area contributed by atoms with Crippen LogP contribution in [0.3, 0.4) is 0 Å². The van der Waals surface area contributed by atoms with Gasteiger partial charge in [-0.3, -0.25) is 4.90 Å². The summed E-state index contributed by atoms with van der Waals surface area (Å²) in [5, 5.41) is 9.29. The lowest BCUT2D eigenvalue weighted by Gasteiger charge is -2.27. The van der Waals surface area contributed by atoms with Crippen LogP contribution in [0, 0.1) is 0 Å². The maximum absolute atomic E-state index is 13.1. The van der Waals surface area contributed by atoms with Crippen molar-refractivity contribution in [3.63, 3.8) is 0 Å². The molecule has 1 N–H and O–H groups in total. The van der Waals surface area contributed by atoms with Crippen molar-refractivity contribution >= 4 is 0 Å². The fourth-order valence-electron chi connectivity index (χ4n) is 2.37. The van der Waals surface area contributed by atoms with Gasteiger partial charge in [0.05, 0.1) is 11.7 Å². The molecule has 1 atom stereocenters. The third-order valence-corrected chi connectivity index (χ3v) is 3.60. The number of halogens is 6. The van der Waals surface area contributed by atoms with Crippen LogP contribution in [0.15, 0.2) is 24.3 Å². The molecule has 26 heavy (non-hydrogen) atoms. The van der Waals surface area contributed by atoms with Gasteiger partial charge in [-0.15, -0.1) is 0 Å². The summed E-state index contributed by atoms with van der Waals surface area (Å²) in [4.78, 5) is 1.16. The Morgan fingerprint density at radius 1 is 1.08 bits per heavy atom. The number of alkyl halides is 6. The maximum Gasteiger partial charge on any atom is 0.416 e. The summed E-state index contributed by atoms with van der Waals surface area (Å²) in [6.45, 7) is 2.75. The average molecular weight is 387 g/mol. The SMILES string of the molecule is CC(C)OCCCN(Cc1ccccc1C(F)(F)F)CC(O)C(F)(F)F. The zero-order valence-electron chi connectivity index (χ0n) is 14.6. The smallest absolute Gasteiger partial charge is 0.382 e. The second-order valence-corrected chi connectivity index (χ2v) is 6.22. The van der Waals surface area contributed by atoms with Gasteiger partial charge in [0, 0.05) is 26.2 Å². The molecule has 1 rings (SSSR count). The van der Waals surface area contributed by atoms with E-state index in [0.717, 1.165) is 11.0 Å². The van der Waals surface area contributed by atoms with Crippen LogP contribution < -0.4 is 0 Å². The van der Waals surface area contributed by atoms with Crippen molar-refractivity contribution in [2.24, 2.45) is 0 Å². The highest BCUT2D eigenvalue weighted by Gasteiger charge is 2.39. The van der Waals surface area contributed by atoms with Crippen molar-refractivity contribution in [2.75, 3.05) is 19.7 Å². The fraction of sp³-hybridized carbons (Fsp3) is 0.647. The van der Waals surface area contributed by atoms with Gasteiger partial charge in [0.2, 0.25) is 0 Å². The fourth-order valence-corrected chi connectivity index (χ4v) is 2.37. The largest absolute Gasteiger partial charge is 0.416 e.